The summed E-state index contributed by atoms with van der Waals surface area (Å²) in [5.41, 5.74) is 10.5. The number of benzene rings is 2. The second kappa shape index (κ2) is 5.69. The van der Waals surface area contributed by atoms with Gasteiger partial charge in [-0.25, -0.2) is 4.98 Å². The Hall–Kier alpha value is -2.14. The number of aromatic amines is 1. The van der Waals surface area contributed by atoms with Crippen LogP contribution in [0.4, 0.5) is 5.69 Å². The molecule has 3 rings (SSSR count). The molecule has 5 heteroatoms. The molecule has 108 valence electrons. The third-order valence-electron chi connectivity index (χ3n) is 3.43. The van der Waals surface area contributed by atoms with Crippen LogP contribution in [0.5, 0.6) is 0 Å². The lowest BCUT2D eigenvalue weighted by molar-refractivity contribution is 0.681. The first kappa shape index (κ1) is 13.8. The molecular weight excluding hydrogens is 282 g/mol. The van der Waals surface area contributed by atoms with E-state index in [1.807, 2.05) is 49.4 Å². The van der Waals surface area contributed by atoms with Crippen LogP contribution in [0.1, 0.15) is 17.0 Å². The fraction of sp³-hybridized carbons (Fsp3) is 0.188. The van der Waals surface area contributed by atoms with Gasteiger partial charge in [0.2, 0.25) is 0 Å². The summed E-state index contributed by atoms with van der Waals surface area (Å²) in [6.07, 6.45) is 0. The van der Waals surface area contributed by atoms with E-state index >= 15 is 0 Å². The van der Waals surface area contributed by atoms with Crippen LogP contribution in [0.2, 0.25) is 0 Å². The van der Waals surface area contributed by atoms with Crippen molar-refractivity contribution >= 4 is 27.5 Å². The molecule has 0 radical (unpaired) electrons. The van der Waals surface area contributed by atoms with E-state index in [4.69, 9.17) is 5.73 Å². The van der Waals surface area contributed by atoms with Crippen molar-refractivity contribution in [3.63, 3.8) is 0 Å². The number of nitrogens with one attached hydrogen (secondary N) is 1. The van der Waals surface area contributed by atoms with Gasteiger partial charge >= 0.3 is 0 Å². The number of nitrogens with zero attached hydrogens (tertiary/aromatic N) is 1. The number of H-pyrrole nitrogens is 1. The lowest BCUT2D eigenvalue weighted by Crippen LogP contribution is -2.02. The van der Waals surface area contributed by atoms with Gasteiger partial charge in [-0.05, 0) is 36.2 Å². The number of hydrogen-bond donors (Lipinski definition) is 2. The molecule has 21 heavy (non-hydrogen) atoms. The average Bonchev–Trinajstić information content (AvgIpc) is 2.82. The predicted octanol–water partition coefficient (Wildman–Crippen LogP) is 2.90. The lowest BCUT2D eigenvalue weighted by atomic mass is 10.1. The van der Waals surface area contributed by atoms with Crippen LogP contribution in [-0.2, 0) is 22.3 Å². The quantitative estimate of drug-likeness (QED) is 0.728. The van der Waals surface area contributed by atoms with Gasteiger partial charge < -0.3 is 10.7 Å². The predicted molar refractivity (Wildman–Crippen MR) is 87.2 cm³/mol. The molecule has 1 atom stereocenters. The van der Waals surface area contributed by atoms with Gasteiger partial charge in [0.25, 0.3) is 0 Å². The summed E-state index contributed by atoms with van der Waals surface area (Å²) in [6.45, 7) is 2.04. The number of anilines is 1. The summed E-state index contributed by atoms with van der Waals surface area (Å²) in [5, 5.41) is 0. The smallest absolute Gasteiger partial charge is 0.119 e. The van der Waals surface area contributed by atoms with Gasteiger partial charge in [-0.15, -0.1) is 0 Å². The van der Waals surface area contributed by atoms with E-state index in [2.05, 4.69) is 9.97 Å². The van der Waals surface area contributed by atoms with Crippen LogP contribution in [0.15, 0.2) is 42.5 Å². The molecule has 0 amide bonds. The Labute approximate surface area is 125 Å². The van der Waals surface area contributed by atoms with Crippen molar-refractivity contribution in [3.8, 4) is 0 Å². The van der Waals surface area contributed by atoms with E-state index in [0.29, 0.717) is 17.2 Å². The van der Waals surface area contributed by atoms with Gasteiger partial charge in [0.1, 0.15) is 5.82 Å². The Bertz CT molecular complexity index is 810. The molecule has 1 unspecified atom stereocenters. The SMILES string of the molecule is Cc1ccccc1CS(=O)Cc1nc2ccc(N)cc2[nH]1. The Morgan fingerprint density at radius 2 is 2.00 bits per heavy atom. The zero-order valence-corrected chi connectivity index (χ0v) is 12.6. The van der Waals surface area contributed by atoms with Crippen LogP contribution in [0.3, 0.4) is 0 Å². The Balaban J connectivity index is 1.75. The fourth-order valence-corrected chi connectivity index (χ4v) is 3.51. The highest BCUT2D eigenvalue weighted by Crippen LogP contribution is 2.17. The number of aromatic nitrogens is 2. The molecule has 0 aliphatic rings. The molecule has 1 heterocycles. The molecule has 4 nitrogen and oxygen atoms in total. The van der Waals surface area contributed by atoms with Gasteiger partial charge in [-0.2, -0.15) is 0 Å². The van der Waals surface area contributed by atoms with Crippen molar-refractivity contribution in [1.29, 1.82) is 0 Å². The third-order valence-corrected chi connectivity index (χ3v) is 4.66. The minimum absolute atomic E-state index is 0.420. The third kappa shape index (κ3) is 3.13. The van der Waals surface area contributed by atoms with Crippen molar-refractivity contribution in [1.82, 2.24) is 9.97 Å². The van der Waals surface area contributed by atoms with Gasteiger partial charge in [-0.3, -0.25) is 4.21 Å². The Morgan fingerprint density at radius 3 is 2.81 bits per heavy atom. The second-order valence-corrected chi connectivity index (χ2v) is 6.57. The molecule has 2 aromatic carbocycles. The maximum absolute atomic E-state index is 12.3. The van der Waals surface area contributed by atoms with Gasteiger partial charge in [0.05, 0.1) is 16.8 Å². The molecule has 0 aliphatic heterocycles. The van der Waals surface area contributed by atoms with E-state index < -0.39 is 10.8 Å². The van der Waals surface area contributed by atoms with Crippen LogP contribution in [-0.4, -0.2) is 14.2 Å². The molecule has 3 N–H and O–H groups in total. The van der Waals surface area contributed by atoms with Gasteiger partial charge in [-0.1, -0.05) is 24.3 Å². The van der Waals surface area contributed by atoms with E-state index in [1.165, 1.54) is 5.56 Å². The summed E-state index contributed by atoms with van der Waals surface area (Å²) in [7, 11) is -0.989. The van der Waals surface area contributed by atoms with Crippen molar-refractivity contribution in [3.05, 3.63) is 59.4 Å². The molecule has 3 aromatic rings. The molecule has 0 saturated carbocycles. The molecule has 0 spiro atoms. The molecule has 0 fully saturated rings. The first-order valence-electron chi connectivity index (χ1n) is 6.75. The summed E-state index contributed by atoms with van der Waals surface area (Å²) >= 11 is 0. The largest absolute Gasteiger partial charge is 0.399 e. The topological polar surface area (TPSA) is 71.8 Å². The Morgan fingerprint density at radius 1 is 1.19 bits per heavy atom. The van der Waals surface area contributed by atoms with Crippen molar-refractivity contribution < 1.29 is 4.21 Å². The van der Waals surface area contributed by atoms with Crippen LogP contribution >= 0.6 is 0 Å². The van der Waals surface area contributed by atoms with Gasteiger partial charge in [0.15, 0.2) is 0 Å². The van der Waals surface area contributed by atoms with Crippen LogP contribution in [0, 0.1) is 6.92 Å². The standard InChI is InChI=1S/C16H17N3OS/c1-11-4-2-3-5-12(11)9-21(20)10-16-18-14-7-6-13(17)8-15(14)19-16/h2-8H,9-10,17H2,1H3,(H,18,19). The second-order valence-electron chi connectivity index (χ2n) is 5.12. The highest BCUT2D eigenvalue weighted by atomic mass is 32.2. The molecule has 1 aromatic heterocycles. The minimum Gasteiger partial charge on any atom is -0.399 e. The molecule has 0 bridgehead atoms. The zero-order chi connectivity index (χ0) is 14.8. The number of rotatable bonds is 4. The maximum atomic E-state index is 12.3. The summed E-state index contributed by atoms with van der Waals surface area (Å²) < 4.78 is 12.3. The fourth-order valence-electron chi connectivity index (χ4n) is 2.30. The van der Waals surface area contributed by atoms with E-state index in [9.17, 15) is 4.21 Å². The number of aryl methyl sites for hydroxylation is 1. The average molecular weight is 299 g/mol. The van der Waals surface area contributed by atoms with Crippen LogP contribution < -0.4 is 5.73 Å². The van der Waals surface area contributed by atoms with Crippen molar-refractivity contribution in [2.45, 2.75) is 18.4 Å². The molecule has 0 aliphatic carbocycles. The van der Waals surface area contributed by atoms with Crippen LogP contribution in [0.25, 0.3) is 11.0 Å². The maximum Gasteiger partial charge on any atom is 0.119 e. The zero-order valence-electron chi connectivity index (χ0n) is 11.8. The normalized spacial score (nSPS) is 12.6. The highest BCUT2D eigenvalue weighted by Gasteiger charge is 2.09. The number of imidazole rings is 1. The van der Waals surface area contributed by atoms with E-state index in [1.54, 1.807) is 0 Å². The summed E-state index contributed by atoms with van der Waals surface area (Å²) in [4.78, 5) is 7.64. The van der Waals surface area contributed by atoms with Gasteiger partial charge in [0, 0.05) is 22.2 Å². The van der Waals surface area contributed by atoms with E-state index in [0.717, 1.165) is 22.4 Å². The monoisotopic (exact) mass is 299 g/mol. The number of nitrogens with two attached hydrogens (primary N) is 1. The minimum atomic E-state index is -0.989. The number of fused-ring (bicyclic) bond motifs is 1. The lowest BCUT2D eigenvalue weighted by Gasteiger charge is -2.04. The summed E-state index contributed by atoms with van der Waals surface area (Å²) in [6, 6.07) is 13.6. The van der Waals surface area contributed by atoms with Crippen molar-refractivity contribution in [2.75, 3.05) is 5.73 Å². The number of hydrogen-bond acceptors (Lipinski definition) is 3. The first-order chi connectivity index (χ1) is 10.1. The van der Waals surface area contributed by atoms with E-state index in [-0.39, 0.29) is 0 Å². The van der Waals surface area contributed by atoms with Crippen molar-refractivity contribution in [2.24, 2.45) is 0 Å². The molecular formula is C16H17N3OS. The first-order valence-corrected chi connectivity index (χ1v) is 8.24. The number of nitrogen functional groups attached to an aromatic ring is 1. The molecule has 0 saturated heterocycles. The summed E-state index contributed by atoms with van der Waals surface area (Å²) in [5.74, 6) is 1.71. The highest BCUT2D eigenvalue weighted by molar-refractivity contribution is 7.83. The Kier molecular flexibility index (Phi) is 3.75.